The number of halogens is 1. The predicted molar refractivity (Wildman–Crippen MR) is 91.7 cm³/mol. The van der Waals surface area contributed by atoms with E-state index in [0.717, 1.165) is 18.0 Å². The van der Waals surface area contributed by atoms with E-state index < -0.39 is 0 Å². The molecule has 122 valence electrons. The van der Waals surface area contributed by atoms with E-state index in [9.17, 15) is 9.18 Å². The zero-order valence-corrected chi connectivity index (χ0v) is 13.9. The summed E-state index contributed by atoms with van der Waals surface area (Å²) in [6.07, 6.45) is 6.10. The van der Waals surface area contributed by atoms with Crippen molar-refractivity contribution in [1.29, 1.82) is 0 Å². The molecule has 0 bridgehead atoms. The van der Waals surface area contributed by atoms with Crippen LogP contribution in [0.3, 0.4) is 0 Å². The van der Waals surface area contributed by atoms with Gasteiger partial charge in [0.2, 0.25) is 0 Å². The van der Waals surface area contributed by atoms with Gasteiger partial charge < -0.3 is 10.6 Å². The molecule has 6 heteroatoms. The summed E-state index contributed by atoms with van der Waals surface area (Å²) in [6, 6.07) is 6.34. The Morgan fingerprint density at radius 3 is 2.83 bits per heavy atom. The maximum absolute atomic E-state index is 13.2. The van der Waals surface area contributed by atoms with Crippen LogP contribution in [0.4, 0.5) is 15.2 Å². The molecule has 1 amide bonds. The highest BCUT2D eigenvalue weighted by molar-refractivity contribution is 7.17. The fourth-order valence-corrected chi connectivity index (χ4v) is 3.78. The number of hydrogen-bond acceptors (Lipinski definition) is 4. The molecule has 0 unspecified atom stereocenters. The number of hydrogen-bond donors (Lipinski definition) is 2. The lowest BCUT2D eigenvalue weighted by molar-refractivity contribution is 0.103. The van der Waals surface area contributed by atoms with E-state index in [-0.39, 0.29) is 11.7 Å². The highest BCUT2D eigenvalue weighted by atomic mass is 32.1. The van der Waals surface area contributed by atoms with Crippen molar-refractivity contribution >= 4 is 28.1 Å². The van der Waals surface area contributed by atoms with E-state index in [4.69, 9.17) is 0 Å². The number of aryl methyl sites for hydroxylation is 1. The molecule has 3 rings (SSSR count). The molecule has 2 N–H and O–H groups in total. The third-order valence-electron chi connectivity index (χ3n) is 4.02. The van der Waals surface area contributed by atoms with Crippen molar-refractivity contribution in [3.63, 3.8) is 0 Å². The van der Waals surface area contributed by atoms with Crippen molar-refractivity contribution in [2.45, 2.75) is 45.1 Å². The average molecular weight is 333 g/mol. The molecule has 1 fully saturated rings. The van der Waals surface area contributed by atoms with Crippen LogP contribution in [0, 0.1) is 12.7 Å². The van der Waals surface area contributed by atoms with Crippen LogP contribution in [0.15, 0.2) is 24.3 Å². The number of nitrogens with one attached hydrogen (secondary N) is 2. The summed E-state index contributed by atoms with van der Waals surface area (Å²) in [5.41, 5.74) is 1.15. The van der Waals surface area contributed by atoms with Gasteiger partial charge in [-0.1, -0.05) is 36.7 Å². The molecule has 0 spiro atoms. The minimum atomic E-state index is -0.372. The molecule has 2 aromatic rings. The Balaban J connectivity index is 1.68. The van der Waals surface area contributed by atoms with Crippen LogP contribution in [0.1, 0.15) is 47.5 Å². The molecule has 23 heavy (non-hydrogen) atoms. The lowest BCUT2D eigenvalue weighted by Crippen LogP contribution is -2.21. The van der Waals surface area contributed by atoms with Gasteiger partial charge in [0, 0.05) is 11.7 Å². The fourth-order valence-electron chi connectivity index (χ4n) is 2.84. The summed E-state index contributed by atoms with van der Waals surface area (Å²) >= 11 is 1.36. The maximum Gasteiger partial charge on any atom is 0.267 e. The topological polar surface area (TPSA) is 54.0 Å². The molecule has 0 saturated heterocycles. The van der Waals surface area contributed by atoms with Crippen molar-refractivity contribution in [3.8, 4) is 0 Å². The number of rotatable bonds is 4. The van der Waals surface area contributed by atoms with Crippen LogP contribution < -0.4 is 10.6 Å². The van der Waals surface area contributed by atoms with E-state index in [1.165, 1.54) is 42.7 Å². The number of benzene rings is 1. The SMILES string of the molecule is Cc1nc(NC2CCCCC2)sc1C(=O)Nc1cccc(F)c1. The average Bonchev–Trinajstić information content (AvgIpc) is 2.89. The van der Waals surface area contributed by atoms with Crippen LogP contribution in [0.2, 0.25) is 0 Å². The molecular weight excluding hydrogens is 313 g/mol. The van der Waals surface area contributed by atoms with Crippen molar-refractivity contribution in [2.24, 2.45) is 0 Å². The number of aromatic nitrogens is 1. The standard InChI is InChI=1S/C17H20FN3OS/c1-11-15(16(22)20-14-9-5-6-12(18)10-14)23-17(19-11)21-13-7-3-2-4-8-13/h5-6,9-10,13H,2-4,7-8H2,1H3,(H,19,21)(H,20,22). The molecule has 0 atom stereocenters. The van der Waals surface area contributed by atoms with Gasteiger partial charge in [0.15, 0.2) is 5.13 Å². The molecule has 1 heterocycles. The van der Waals surface area contributed by atoms with Gasteiger partial charge in [0.25, 0.3) is 5.91 Å². The number of nitrogens with zero attached hydrogens (tertiary/aromatic N) is 1. The van der Waals surface area contributed by atoms with Gasteiger partial charge in [-0.05, 0) is 38.0 Å². The molecule has 1 saturated carbocycles. The molecule has 0 aliphatic heterocycles. The van der Waals surface area contributed by atoms with E-state index in [2.05, 4.69) is 15.6 Å². The fraction of sp³-hybridized carbons (Fsp3) is 0.412. The molecular formula is C17H20FN3OS. The third kappa shape index (κ3) is 4.07. The molecule has 1 aromatic carbocycles. The molecule has 1 aliphatic carbocycles. The highest BCUT2D eigenvalue weighted by Crippen LogP contribution is 2.27. The summed E-state index contributed by atoms with van der Waals surface area (Å²) in [5.74, 6) is -0.620. The van der Waals surface area contributed by atoms with Crippen LogP contribution >= 0.6 is 11.3 Å². The third-order valence-corrected chi connectivity index (χ3v) is 5.11. The Bertz CT molecular complexity index is 695. The Morgan fingerprint density at radius 1 is 1.30 bits per heavy atom. The van der Waals surface area contributed by atoms with Gasteiger partial charge in [-0.15, -0.1) is 0 Å². The number of thiazole rings is 1. The summed E-state index contributed by atoms with van der Waals surface area (Å²) in [5, 5.41) is 6.95. The molecule has 0 radical (unpaired) electrons. The smallest absolute Gasteiger partial charge is 0.267 e. The molecule has 4 nitrogen and oxygen atoms in total. The van der Waals surface area contributed by atoms with E-state index >= 15 is 0 Å². The Labute approximate surface area is 139 Å². The van der Waals surface area contributed by atoms with Crippen LogP contribution in [0.5, 0.6) is 0 Å². The number of carbonyl (C=O) groups excluding carboxylic acids is 1. The van der Waals surface area contributed by atoms with Crippen molar-refractivity contribution < 1.29 is 9.18 Å². The number of carbonyl (C=O) groups is 1. The van der Waals surface area contributed by atoms with Crippen LogP contribution in [0.25, 0.3) is 0 Å². The predicted octanol–water partition coefficient (Wildman–Crippen LogP) is 4.59. The lowest BCUT2D eigenvalue weighted by Gasteiger charge is -2.22. The Hall–Kier alpha value is -1.95. The van der Waals surface area contributed by atoms with Gasteiger partial charge in [0.1, 0.15) is 10.7 Å². The second-order valence-electron chi connectivity index (χ2n) is 5.88. The first-order valence-corrected chi connectivity index (χ1v) is 8.74. The number of amides is 1. The highest BCUT2D eigenvalue weighted by Gasteiger charge is 2.19. The summed E-state index contributed by atoms with van der Waals surface area (Å²) in [4.78, 5) is 17.4. The van der Waals surface area contributed by atoms with Gasteiger partial charge in [-0.25, -0.2) is 9.37 Å². The van der Waals surface area contributed by atoms with Crippen LogP contribution in [-0.2, 0) is 0 Å². The quantitative estimate of drug-likeness (QED) is 0.860. The van der Waals surface area contributed by atoms with Crippen molar-refractivity contribution in [1.82, 2.24) is 4.98 Å². The lowest BCUT2D eigenvalue weighted by atomic mass is 9.96. The first kappa shape index (κ1) is 15.9. The zero-order chi connectivity index (χ0) is 16.2. The minimum Gasteiger partial charge on any atom is -0.359 e. The van der Waals surface area contributed by atoms with Gasteiger partial charge in [0.05, 0.1) is 5.69 Å². The maximum atomic E-state index is 13.2. The van der Waals surface area contributed by atoms with Crippen LogP contribution in [-0.4, -0.2) is 16.9 Å². The summed E-state index contributed by atoms with van der Waals surface area (Å²) < 4.78 is 13.2. The molecule has 1 aliphatic rings. The normalized spacial score (nSPS) is 15.4. The second-order valence-corrected chi connectivity index (χ2v) is 6.88. The second kappa shape index (κ2) is 7.08. The largest absolute Gasteiger partial charge is 0.359 e. The Morgan fingerprint density at radius 2 is 2.09 bits per heavy atom. The summed E-state index contributed by atoms with van der Waals surface area (Å²) in [7, 11) is 0. The van der Waals surface area contributed by atoms with Gasteiger partial charge in [-0.2, -0.15) is 0 Å². The summed E-state index contributed by atoms with van der Waals surface area (Å²) in [6.45, 7) is 1.82. The Kier molecular flexibility index (Phi) is 4.91. The van der Waals surface area contributed by atoms with Crippen molar-refractivity contribution in [3.05, 3.63) is 40.7 Å². The van der Waals surface area contributed by atoms with Gasteiger partial charge in [-0.3, -0.25) is 4.79 Å². The van der Waals surface area contributed by atoms with E-state index in [1.54, 1.807) is 12.1 Å². The van der Waals surface area contributed by atoms with E-state index in [0.29, 0.717) is 22.3 Å². The first-order valence-electron chi connectivity index (χ1n) is 7.93. The molecule has 1 aromatic heterocycles. The minimum absolute atomic E-state index is 0.248. The number of anilines is 2. The zero-order valence-electron chi connectivity index (χ0n) is 13.1. The monoisotopic (exact) mass is 333 g/mol. The van der Waals surface area contributed by atoms with Crippen molar-refractivity contribution in [2.75, 3.05) is 10.6 Å². The van der Waals surface area contributed by atoms with Gasteiger partial charge >= 0.3 is 0 Å². The van der Waals surface area contributed by atoms with E-state index in [1.807, 2.05) is 6.92 Å². The first-order chi connectivity index (χ1) is 11.1.